The van der Waals surface area contributed by atoms with Crippen molar-refractivity contribution in [2.45, 2.75) is 32.4 Å². The highest BCUT2D eigenvalue weighted by molar-refractivity contribution is 7.59. The first-order chi connectivity index (χ1) is 10.9. The topological polar surface area (TPSA) is 97.4 Å². The summed E-state index contributed by atoms with van der Waals surface area (Å²) in [5, 5.41) is 9.41. The van der Waals surface area contributed by atoms with Gasteiger partial charge in [-0.25, -0.2) is 8.78 Å². The number of aliphatic imine (C=N–C) groups is 1. The van der Waals surface area contributed by atoms with E-state index in [1.165, 1.54) is 18.2 Å². The summed E-state index contributed by atoms with van der Waals surface area (Å²) >= 11 is 0. The van der Waals surface area contributed by atoms with E-state index >= 15 is 0 Å². The molecule has 0 aliphatic carbocycles. The largest absolute Gasteiger partial charge is 0.399 e. The van der Waals surface area contributed by atoms with Crippen LogP contribution in [0.25, 0.3) is 0 Å². The standard InChI is InChI=1S/C16H18F2N4O.CH4.4H2S/c1-15(7-19)5-11-13(6-17)23-8-16(11,22-14(15)21)10-4-9(20)2-3-12(10)18;;;;;/h2-4,11,13H,5-6,8,20H2,1H3,(H2,21,22);1H4;4*1H2/t11-,13-,15+,16-;;;;;/m1...../s1. The van der Waals surface area contributed by atoms with Crippen LogP contribution in [0.5, 0.6) is 0 Å². The molecule has 2 aliphatic heterocycles. The Balaban J connectivity index is -0.00000125. The predicted octanol–water partition coefficient (Wildman–Crippen LogP) is 2.97. The van der Waals surface area contributed by atoms with Crippen molar-refractivity contribution in [3.63, 3.8) is 0 Å². The fourth-order valence-corrected chi connectivity index (χ4v) is 3.53. The Labute approximate surface area is 193 Å². The number of hydrogen-bond acceptors (Lipinski definition) is 5. The quantitative estimate of drug-likeness (QED) is 0.647. The summed E-state index contributed by atoms with van der Waals surface area (Å²) < 4.78 is 33.4. The van der Waals surface area contributed by atoms with Gasteiger partial charge in [0.2, 0.25) is 0 Å². The molecule has 3 rings (SSSR count). The lowest BCUT2D eigenvalue weighted by molar-refractivity contribution is 0.0632. The normalized spacial score (nSPS) is 29.7. The van der Waals surface area contributed by atoms with E-state index in [1.54, 1.807) is 6.92 Å². The van der Waals surface area contributed by atoms with E-state index in [9.17, 15) is 14.0 Å². The van der Waals surface area contributed by atoms with Crippen LogP contribution >= 0.6 is 54.0 Å². The van der Waals surface area contributed by atoms with Crippen LogP contribution in [-0.2, 0) is 10.3 Å². The van der Waals surface area contributed by atoms with Crippen LogP contribution in [0, 0.1) is 28.5 Å². The maximum Gasteiger partial charge on any atom is 0.129 e. The van der Waals surface area contributed by atoms with Gasteiger partial charge < -0.3 is 16.2 Å². The average Bonchev–Trinajstić information content (AvgIpc) is 2.88. The van der Waals surface area contributed by atoms with Gasteiger partial charge in [-0.3, -0.25) is 4.99 Å². The second-order valence-electron chi connectivity index (χ2n) is 6.42. The molecule has 0 aromatic heterocycles. The zero-order valence-corrected chi connectivity index (χ0v) is 18.7. The van der Waals surface area contributed by atoms with Crippen molar-refractivity contribution in [3.05, 3.63) is 29.6 Å². The Hall–Kier alpha value is -0.800. The van der Waals surface area contributed by atoms with Crippen molar-refractivity contribution < 1.29 is 13.5 Å². The average molecular weight is 473 g/mol. The highest BCUT2D eigenvalue weighted by Gasteiger charge is 2.58. The zero-order valence-electron chi connectivity index (χ0n) is 14.7. The minimum Gasteiger partial charge on any atom is -0.399 e. The van der Waals surface area contributed by atoms with Crippen LogP contribution in [0.4, 0.5) is 14.5 Å². The molecule has 1 aromatic rings. The van der Waals surface area contributed by atoms with E-state index in [-0.39, 0.29) is 85.8 Å². The third kappa shape index (κ3) is 4.84. The molecule has 4 atom stereocenters. The first-order valence-electron chi connectivity index (χ1n) is 7.36. The number of nitrogen functional groups attached to an aromatic ring is 1. The third-order valence-electron chi connectivity index (χ3n) is 4.95. The smallest absolute Gasteiger partial charge is 0.129 e. The molecule has 2 heterocycles. The number of benzene rings is 1. The monoisotopic (exact) mass is 472 g/mol. The molecule has 4 N–H and O–H groups in total. The van der Waals surface area contributed by atoms with Crippen LogP contribution in [0.2, 0.25) is 0 Å². The highest BCUT2D eigenvalue weighted by Crippen LogP contribution is 2.52. The number of nitriles is 1. The molecule has 0 bridgehead atoms. The fraction of sp³-hybridized carbons (Fsp3) is 0.529. The number of nitrogens with two attached hydrogens (primary N) is 2. The number of ether oxygens (including phenoxy) is 1. The van der Waals surface area contributed by atoms with Gasteiger partial charge in [0.25, 0.3) is 0 Å². The van der Waals surface area contributed by atoms with Crippen molar-refractivity contribution in [1.82, 2.24) is 0 Å². The molecule has 0 radical (unpaired) electrons. The molecule has 0 unspecified atom stereocenters. The molecular weight excluding hydrogens is 442 g/mol. The number of amidine groups is 1. The van der Waals surface area contributed by atoms with E-state index in [0.717, 1.165) is 0 Å². The van der Waals surface area contributed by atoms with Crippen LogP contribution in [0.3, 0.4) is 0 Å². The molecule has 11 heteroatoms. The maximum absolute atomic E-state index is 14.4. The van der Waals surface area contributed by atoms with Gasteiger partial charge in [0.05, 0.1) is 18.8 Å². The molecule has 0 saturated carbocycles. The van der Waals surface area contributed by atoms with Gasteiger partial charge in [0.1, 0.15) is 29.3 Å². The Morgan fingerprint density at radius 2 is 1.89 bits per heavy atom. The van der Waals surface area contributed by atoms with Crippen LogP contribution < -0.4 is 11.5 Å². The van der Waals surface area contributed by atoms with Gasteiger partial charge in [0.15, 0.2) is 0 Å². The summed E-state index contributed by atoms with van der Waals surface area (Å²) in [6.07, 6.45) is -0.498. The number of anilines is 1. The Morgan fingerprint density at radius 1 is 1.29 bits per heavy atom. The Morgan fingerprint density at radius 3 is 2.43 bits per heavy atom. The molecule has 28 heavy (non-hydrogen) atoms. The Bertz CT molecular complexity index is 734. The highest BCUT2D eigenvalue weighted by atomic mass is 32.1. The van der Waals surface area contributed by atoms with Crippen molar-refractivity contribution >= 4 is 65.5 Å². The van der Waals surface area contributed by atoms with E-state index in [4.69, 9.17) is 16.2 Å². The molecule has 1 aromatic carbocycles. The lowest BCUT2D eigenvalue weighted by atomic mass is 9.66. The minimum absolute atomic E-state index is 0. The molecule has 162 valence electrons. The van der Waals surface area contributed by atoms with Gasteiger partial charge >= 0.3 is 0 Å². The maximum atomic E-state index is 14.4. The van der Waals surface area contributed by atoms with E-state index in [1.807, 2.05) is 0 Å². The summed E-state index contributed by atoms with van der Waals surface area (Å²) in [4.78, 5) is 4.45. The van der Waals surface area contributed by atoms with Crippen molar-refractivity contribution in [1.29, 1.82) is 5.26 Å². The molecule has 5 nitrogen and oxygen atoms in total. The van der Waals surface area contributed by atoms with E-state index in [2.05, 4.69) is 11.1 Å². The molecule has 2 aliphatic rings. The molecule has 1 fully saturated rings. The van der Waals surface area contributed by atoms with Gasteiger partial charge in [-0.1, -0.05) is 7.43 Å². The lowest BCUT2D eigenvalue weighted by Crippen LogP contribution is -2.50. The summed E-state index contributed by atoms with van der Waals surface area (Å²) in [6, 6.07) is 6.31. The summed E-state index contributed by atoms with van der Waals surface area (Å²) in [7, 11) is 0. The first kappa shape index (κ1) is 31.9. The second kappa shape index (κ2) is 11.4. The van der Waals surface area contributed by atoms with Crippen molar-refractivity contribution in [2.24, 2.45) is 22.1 Å². The van der Waals surface area contributed by atoms with Crippen LogP contribution in [0.15, 0.2) is 23.2 Å². The minimum atomic E-state index is -1.14. The summed E-state index contributed by atoms with van der Waals surface area (Å²) in [5.74, 6) is -0.869. The number of halogens is 2. The van der Waals surface area contributed by atoms with Gasteiger partial charge in [0, 0.05) is 17.2 Å². The zero-order chi connectivity index (χ0) is 16.8. The predicted molar refractivity (Wildman–Crippen MR) is 130 cm³/mol. The number of nitrogens with zero attached hydrogens (tertiary/aromatic N) is 2. The fourth-order valence-electron chi connectivity index (χ4n) is 3.53. The lowest BCUT2D eigenvalue weighted by Gasteiger charge is -2.41. The SMILES string of the molecule is C.C[C@@]1(C#N)C[C@@H]2[C@@H](CF)OC[C@]2(c2cc(N)ccc2F)N=C1N.S.S.S.S. The van der Waals surface area contributed by atoms with Gasteiger partial charge in [-0.2, -0.15) is 59.2 Å². The van der Waals surface area contributed by atoms with Crippen molar-refractivity contribution in [3.8, 4) is 6.07 Å². The van der Waals surface area contributed by atoms with E-state index in [0.29, 0.717) is 5.69 Å². The van der Waals surface area contributed by atoms with Gasteiger partial charge in [-0.15, -0.1) is 0 Å². The van der Waals surface area contributed by atoms with Crippen molar-refractivity contribution in [2.75, 3.05) is 19.0 Å². The molecular formula is C17H30F2N4OS4. The number of alkyl halides is 1. The van der Waals surface area contributed by atoms with Crippen LogP contribution in [0.1, 0.15) is 26.3 Å². The third-order valence-corrected chi connectivity index (χ3v) is 4.95. The number of hydrogen-bond donors (Lipinski definition) is 2. The molecule has 1 saturated heterocycles. The van der Waals surface area contributed by atoms with Crippen LogP contribution in [-0.4, -0.2) is 25.2 Å². The van der Waals surface area contributed by atoms with E-state index < -0.39 is 35.5 Å². The Kier molecular flexibility index (Phi) is 13.0. The summed E-state index contributed by atoms with van der Waals surface area (Å²) in [6.45, 7) is 0.932. The molecule has 0 spiro atoms. The number of fused-ring (bicyclic) bond motifs is 1. The second-order valence-corrected chi connectivity index (χ2v) is 6.42. The first-order valence-corrected chi connectivity index (χ1v) is 7.36. The number of rotatable bonds is 2. The molecule has 0 amide bonds. The van der Waals surface area contributed by atoms with Gasteiger partial charge in [-0.05, 0) is 31.5 Å². The summed E-state index contributed by atoms with van der Waals surface area (Å²) in [5.41, 5.74) is 10.2.